The molecular formula is C9H7ClN2OS. The average Bonchev–Trinajstić information content (AvgIpc) is 2.52. The van der Waals surface area contributed by atoms with Crippen molar-refractivity contribution in [1.82, 2.24) is 9.97 Å². The molecule has 0 aliphatic rings. The molecule has 0 saturated heterocycles. The molecule has 0 N–H and O–H groups in total. The van der Waals surface area contributed by atoms with Crippen LogP contribution in [0.3, 0.4) is 0 Å². The number of aryl methyl sites for hydroxylation is 1. The van der Waals surface area contributed by atoms with Crippen molar-refractivity contribution in [3.63, 3.8) is 0 Å². The van der Waals surface area contributed by atoms with Crippen LogP contribution in [0, 0.1) is 6.92 Å². The van der Waals surface area contributed by atoms with Crippen LogP contribution in [0.2, 0.25) is 5.28 Å². The number of rotatable bonds is 2. The standard InChI is InChI=1S/C9H7ClN2OS/c1-6-7(3-5-13-6)14-8-2-4-11-9(10)12-8/h2-5H,1H3. The molecule has 0 radical (unpaired) electrons. The first kappa shape index (κ1) is 9.55. The molecule has 14 heavy (non-hydrogen) atoms. The Labute approximate surface area is 90.5 Å². The maximum atomic E-state index is 5.67. The van der Waals surface area contributed by atoms with Gasteiger partial charge in [-0.3, -0.25) is 0 Å². The Morgan fingerprint density at radius 1 is 1.43 bits per heavy atom. The minimum atomic E-state index is 0.260. The van der Waals surface area contributed by atoms with Gasteiger partial charge in [0.05, 0.1) is 11.2 Å². The first-order valence-electron chi connectivity index (χ1n) is 3.96. The van der Waals surface area contributed by atoms with E-state index in [9.17, 15) is 0 Å². The van der Waals surface area contributed by atoms with E-state index in [1.807, 2.05) is 19.1 Å². The molecule has 2 heterocycles. The summed E-state index contributed by atoms with van der Waals surface area (Å²) in [5.41, 5.74) is 0. The van der Waals surface area contributed by atoms with Crippen LogP contribution in [-0.2, 0) is 0 Å². The quantitative estimate of drug-likeness (QED) is 0.582. The van der Waals surface area contributed by atoms with Crippen molar-refractivity contribution in [2.75, 3.05) is 0 Å². The van der Waals surface area contributed by atoms with Gasteiger partial charge in [0.1, 0.15) is 10.8 Å². The van der Waals surface area contributed by atoms with Crippen LogP contribution < -0.4 is 0 Å². The van der Waals surface area contributed by atoms with E-state index in [4.69, 9.17) is 16.0 Å². The largest absolute Gasteiger partial charge is 0.468 e. The van der Waals surface area contributed by atoms with Gasteiger partial charge in [-0.2, -0.15) is 0 Å². The minimum Gasteiger partial charge on any atom is -0.468 e. The molecule has 72 valence electrons. The average molecular weight is 227 g/mol. The zero-order chi connectivity index (χ0) is 9.97. The van der Waals surface area contributed by atoms with E-state index < -0.39 is 0 Å². The van der Waals surface area contributed by atoms with Gasteiger partial charge in [0.25, 0.3) is 0 Å². The highest BCUT2D eigenvalue weighted by Gasteiger charge is 2.04. The van der Waals surface area contributed by atoms with Gasteiger partial charge in [0.15, 0.2) is 0 Å². The predicted octanol–water partition coefficient (Wildman–Crippen LogP) is 3.18. The van der Waals surface area contributed by atoms with E-state index in [1.165, 1.54) is 11.8 Å². The van der Waals surface area contributed by atoms with Gasteiger partial charge in [-0.25, -0.2) is 9.97 Å². The van der Waals surface area contributed by atoms with E-state index in [2.05, 4.69) is 9.97 Å². The summed E-state index contributed by atoms with van der Waals surface area (Å²) in [7, 11) is 0. The monoisotopic (exact) mass is 226 g/mol. The summed E-state index contributed by atoms with van der Waals surface area (Å²) in [5, 5.41) is 1.07. The van der Waals surface area contributed by atoms with Crippen molar-refractivity contribution in [2.24, 2.45) is 0 Å². The molecule has 0 aliphatic heterocycles. The van der Waals surface area contributed by atoms with Crippen LogP contribution in [-0.4, -0.2) is 9.97 Å². The highest BCUT2D eigenvalue weighted by atomic mass is 35.5. The molecule has 2 rings (SSSR count). The molecule has 0 fully saturated rings. The maximum absolute atomic E-state index is 5.67. The Morgan fingerprint density at radius 3 is 2.93 bits per heavy atom. The van der Waals surface area contributed by atoms with E-state index in [-0.39, 0.29) is 5.28 Å². The minimum absolute atomic E-state index is 0.260. The lowest BCUT2D eigenvalue weighted by Crippen LogP contribution is -1.83. The topological polar surface area (TPSA) is 38.9 Å². The van der Waals surface area contributed by atoms with Crippen LogP contribution in [0.5, 0.6) is 0 Å². The van der Waals surface area contributed by atoms with Crippen molar-refractivity contribution < 1.29 is 4.42 Å². The van der Waals surface area contributed by atoms with Gasteiger partial charge in [-0.1, -0.05) is 11.8 Å². The number of hydrogen-bond acceptors (Lipinski definition) is 4. The number of aromatic nitrogens is 2. The van der Waals surface area contributed by atoms with E-state index in [0.29, 0.717) is 0 Å². The second-order valence-corrected chi connectivity index (χ2v) is 4.01. The Balaban J connectivity index is 2.23. The van der Waals surface area contributed by atoms with Crippen molar-refractivity contribution in [3.05, 3.63) is 35.6 Å². The molecule has 0 aromatic carbocycles. The smallest absolute Gasteiger partial charge is 0.223 e. The number of halogens is 1. The van der Waals surface area contributed by atoms with E-state index in [1.54, 1.807) is 12.5 Å². The molecule has 3 nitrogen and oxygen atoms in total. The second kappa shape index (κ2) is 4.02. The summed E-state index contributed by atoms with van der Waals surface area (Å²) in [6.07, 6.45) is 3.29. The molecule has 0 aliphatic carbocycles. The fourth-order valence-electron chi connectivity index (χ4n) is 0.968. The van der Waals surface area contributed by atoms with Crippen molar-refractivity contribution in [2.45, 2.75) is 16.8 Å². The zero-order valence-electron chi connectivity index (χ0n) is 7.40. The first-order valence-corrected chi connectivity index (χ1v) is 5.15. The number of hydrogen-bond donors (Lipinski definition) is 0. The maximum Gasteiger partial charge on any atom is 0.223 e. The lowest BCUT2D eigenvalue weighted by molar-refractivity contribution is 0.527. The Morgan fingerprint density at radius 2 is 2.29 bits per heavy atom. The van der Waals surface area contributed by atoms with E-state index in [0.717, 1.165) is 15.7 Å². The molecule has 0 bridgehead atoms. The highest BCUT2D eigenvalue weighted by Crippen LogP contribution is 2.29. The summed E-state index contributed by atoms with van der Waals surface area (Å²) < 4.78 is 5.17. The SMILES string of the molecule is Cc1occc1Sc1ccnc(Cl)n1. The molecule has 0 unspecified atom stereocenters. The highest BCUT2D eigenvalue weighted by molar-refractivity contribution is 7.99. The van der Waals surface area contributed by atoms with Gasteiger partial charge < -0.3 is 4.42 Å². The van der Waals surface area contributed by atoms with Gasteiger partial charge in [-0.15, -0.1) is 0 Å². The third kappa shape index (κ3) is 2.08. The summed E-state index contributed by atoms with van der Waals surface area (Å²) >= 11 is 7.17. The lowest BCUT2D eigenvalue weighted by atomic mass is 10.5. The normalized spacial score (nSPS) is 10.4. The van der Waals surface area contributed by atoms with Crippen molar-refractivity contribution in [1.29, 1.82) is 0 Å². The Kier molecular flexibility index (Phi) is 2.74. The summed E-state index contributed by atoms with van der Waals surface area (Å²) in [6.45, 7) is 1.91. The Hall–Kier alpha value is -1.00. The van der Waals surface area contributed by atoms with Crippen molar-refractivity contribution in [3.8, 4) is 0 Å². The molecule has 2 aromatic heterocycles. The van der Waals surface area contributed by atoms with Gasteiger partial charge in [-0.05, 0) is 30.7 Å². The summed E-state index contributed by atoms with van der Waals surface area (Å²) in [6, 6.07) is 3.71. The fraction of sp³-hybridized carbons (Fsp3) is 0.111. The third-order valence-electron chi connectivity index (χ3n) is 1.63. The molecule has 2 aromatic rings. The zero-order valence-corrected chi connectivity index (χ0v) is 8.97. The van der Waals surface area contributed by atoms with Gasteiger partial charge >= 0.3 is 0 Å². The molecular weight excluding hydrogens is 220 g/mol. The lowest BCUT2D eigenvalue weighted by Gasteiger charge is -1.97. The molecule has 0 spiro atoms. The second-order valence-electron chi connectivity index (χ2n) is 2.61. The van der Waals surface area contributed by atoms with Crippen molar-refractivity contribution >= 4 is 23.4 Å². The molecule has 0 saturated carbocycles. The first-order chi connectivity index (χ1) is 6.75. The number of furan rings is 1. The van der Waals surface area contributed by atoms with Crippen LogP contribution >= 0.6 is 23.4 Å². The summed E-state index contributed by atoms with van der Waals surface area (Å²) in [4.78, 5) is 8.92. The predicted molar refractivity (Wildman–Crippen MR) is 54.6 cm³/mol. The van der Waals surface area contributed by atoms with Gasteiger partial charge in [0.2, 0.25) is 5.28 Å². The fourth-order valence-corrected chi connectivity index (χ4v) is 1.97. The van der Waals surface area contributed by atoms with Crippen LogP contribution in [0.4, 0.5) is 0 Å². The molecule has 0 amide bonds. The van der Waals surface area contributed by atoms with Crippen LogP contribution in [0.25, 0.3) is 0 Å². The van der Waals surface area contributed by atoms with Gasteiger partial charge in [0, 0.05) is 6.20 Å². The van der Waals surface area contributed by atoms with Crippen LogP contribution in [0.1, 0.15) is 5.76 Å². The molecule has 0 atom stereocenters. The molecule has 5 heteroatoms. The van der Waals surface area contributed by atoms with Crippen LogP contribution in [0.15, 0.2) is 38.9 Å². The van der Waals surface area contributed by atoms with E-state index >= 15 is 0 Å². The Bertz CT molecular complexity index is 444. The number of nitrogens with zero attached hydrogens (tertiary/aromatic N) is 2. The third-order valence-corrected chi connectivity index (χ3v) is 2.89. The summed E-state index contributed by atoms with van der Waals surface area (Å²) in [5.74, 6) is 0.879.